The predicted octanol–water partition coefficient (Wildman–Crippen LogP) is 2.65. The Morgan fingerprint density at radius 3 is 2.66 bits per heavy atom. The van der Waals surface area contributed by atoms with Crippen LogP contribution < -0.4 is 10.2 Å². The highest BCUT2D eigenvalue weighted by atomic mass is 16.5. The van der Waals surface area contributed by atoms with Crippen LogP contribution in [0.25, 0.3) is 5.69 Å². The number of nitrogens with zero attached hydrogens (tertiary/aromatic N) is 4. The minimum Gasteiger partial charge on any atom is -0.378 e. The van der Waals surface area contributed by atoms with Crippen LogP contribution in [0.3, 0.4) is 0 Å². The van der Waals surface area contributed by atoms with Crippen molar-refractivity contribution in [3.8, 4) is 5.69 Å². The number of amides is 1. The number of benzene rings is 1. The van der Waals surface area contributed by atoms with Gasteiger partial charge in [-0.3, -0.25) is 4.79 Å². The molecule has 1 saturated heterocycles. The summed E-state index contributed by atoms with van der Waals surface area (Å²) in [4.78, 5) is 19.5. The van der Waals surface area contributed by atoms with Crippen molar-refractivity contribution >= 4 is 11.7 Å². The highest BCUT2D eigenvalue weighted by Gasteiger charge is 2.19. The molecule has 3 aromatic rings. The first kappa shape index (κ1) is 19.1. The minimum absolute atomic E-state index is 0.119. The van der Waals surface area contributed by atoms with Crippen LogP contribution in [0.4, 0.5) is 5.82 Å². The number of rotatable bonds is 5. The molecule has 0 unspecified atom stereocenters. The van der Waals surface area contributed by atoms with E-state index in [9.17, 15) is 4.79 Å². The molecule has 0 spiro atoms. The van der Waals surface area contributed by atoms with Crippen molar-refractivity contribution in [3.05, 3.63) is 71.2 Å². The number of carbonyl (C=O) groups is 1. The summed E-state index contributed by atoms with van der Waals surface area (Å²) >= 11 is 0. The number of nitrogens with one attached hydrogen (secondary N) is 1. The second kappa shape index (κ2) is 8.45. The van der Waals surface area contributed by atoms with E-state index >= 15 is 0 Å². The largest absolute Gasteiger partial charge is 0.378 e. The molecule has 150 valence electrons. The maximum atomic E-state index is 12.9. The molecule has 29 heavy (non-hydrogen) atoms. The van der Waals surface area contributed by atoms with Gasteiger partial charge in [0, 0.05) is 25.8 Å². The number of ether oxygens (including phenoxy) is 1. The van der Waals surface area contributed by atoms with E-state index in [1.165, 1.54) is 0 Å². The predicted molar refractivity (Wildman–Crippen MR) is 111 cm³/mol. The summed E-state index contributed by atoms with van der Waals surface area (Å²) in [6.07, 6.45) is 1.79. The summed E-state index contributed by atoms with van der Waals surface area (Å²) in [5, 5.41) is 7.59. The molecule has 0 saturated carbocycles. The summed E-state index contributed by atoms with van der Waals surface area (Å²) in [6.45, 7) is 7.32. The number of para-hydroxylation sites is 1. The molecule has 0 atom stereocenters. The lowest BCUT2D eigenvalue weighted by Crippen LogP contribution is -2.36. The van der Waals surface area contributed by atoms with Gasteiger partial charge in [0.05, 0.1) is 35.9 Å². The van der Waals surface area contributed by atoms with Crippen LogP contribution in [0.5, 0.6) is 0 Å². The zero-order chi connectivity index (χ0) is 20.2. The molecule has 1 fully saturated rings. The summed E-state index contributed by atoms with van der Waals surface area (Å²) in [5.41, 5.74) is 4.12. The summed E-state index contributed by atoms with van der Waals surface area (Å²) in [5.74, 6) is 0.802. The van der Waals surface area contributed by atoms with Crippen LogP contribution in [0.1, 0.15) is 27.3 Å². The lowest BCUT2D eigenvalue weighted by Gasteiger charge is -2.28. The third-order valence-corrected chi connectivity index (χ3v) is 5.12. The molecule has 1 amide bonds. The maximum absolute atomic E-state index is 12.9. The summed E-state index contributed by atoms with van der Waals surface area (Å²) in [6, 6.07) is 13.8. The van der Waals surface area contributed by atoms with E-state index in [1.54, 1.807) is 6.20 Å². The fourth-order valence-electron chi connectivity index (χ4n) is 3.60. The molecule has 4 rings (SSSR count). The first-order chi connectivity index (χ1) is 14.1. The fourth-order valence-corrected chi connectivity index (χ4v) is 3.60. The lowest BCUT2D eigenvalue weighted by molar-refractivity contribution is 0.0949. The van der Waals surface area contributed by atoms with E-state index in [4.69, 9.17) is 4.74 Å². The zero-order valence-electron chi connectivity index (χ0n) is 16.8. The Kier molecular flexibility index (Phi) is 5.57. The number of anilines is 1. The number of hydrogen-bond donors (Lipinski definition) is 1. The van der Waals surface area contributed by atoms with Crippen LogP contribution >= 0.6 is 0 Å². The Labute approximate surface area is 170 Å². The van der Waals surface area contributed by atoms with Crippen LogP contribution in [-0.2, 0) is 11.3 Å². The fraction of sp³-hybridized carbons (Fsp3) is 0.318. The molecule has 2 aromatic heterocycles. The molecule has 0 bridgehead atoms. The Morgan fingerprint density at radius 2 is 1.90 bits per heavy atom. The van der Waals surface area contributed by atoms with E-state index in [1.807, 2.05) is 61.0 Å². The Hall–Kier alpha value is -3.19. The van der Waals surface area contributed by atoms with Gasteiger partial charge < -0.3 is 15.0 Å². The molecule has 1 N–H and O–H groups in total. The van der Waals surface area contributed by atoms with Crippen LogP contribution in [-0.4, -0.2) is 47.0 Å². The number of pyridine rings is 1. The number of hydrogen-bond acceptors (Lipinski definition) is 5. The van der Waals surface area contributed by atoms with E-state index in [-0.39, 0.29) is 5.91 Å². The number of aryl methyl sites for hydroxylation is 1. The van der Waals surface area contributed by atoms with Crippen molar-refractivity contribution in [2.75, 3.05) is 31.2 Å². The second-order valence-corrected chi connectivity index (χ2v) is 7.10. The van der Waals surface area contributed by atoms with Gasteiger partial charge in [-0.1, -0.05) is 18.2 Å². The first-order valence-corrected chi connectivity index (χ1v) is 9.81. The van der Waals surface area contributed by atoms with Crippen LogP contribution in [0.2, 0.25) is 0 Å². The second-order valence-electron chi connectivity index (χ2n) is 7.10. The van der Waals surface area contributed by atoms with Gasteiger partial charge in [0.15, 0.2) is 0 Å². The van der Waals surface area contributed by atoms with Gasteiger partial charge in [-0.25, -0.2) is 9.67 Å². The standard InChI is InChI=1S/C22H25N5O2/c1-16-21(17(2)27(25-16)19-6-4-3-5-7-19)22(28)24-15-18-8-9-23-20(14-18)26-10-12-29-13-11-26/h3-9,14H,10-13,15H2,1-2H3,(H,24,28). The summed E-state index contributed by atoms with van der Waals surface area (Å²) in [7, 11) is 0. The molecular weight excluding hydrogens is 366 g/mol. The molecule has 0 radical (unpaired) electrons. The van der Waals surface area contributed by atoms with Crippen molar-refractivity contribution in [3.63, 3.8) is 0 Å². The van der Waals surface area contributed by atoms with Gasteiger partial charge in [0.1, 0.15) is 5.82 Å². The SMILES string of the molecule is Cc1nn(-c2ccccc2)c(C)c1C(=O)NCc1ccnc(N2CCOCC2)c1. The number of aromatic nitrogens is 3. The number of carbonyl (C=O) groups excluding carboxylic acids is 1. The molecule has 1 aliphatic rings. The van der Waals surface area contributed by atoms with Crippen molar-refractivity contribution in [1.29, 1.82) is 0 Å². The smallest absolute Gasteiger partial charge is 0.255 e. The van der Waals surface area contributed by atoms with Crippen molar-refractivity contribution in [1.82, 2.24) is 20.1 Å². The average molecular weight is 391 g/mol. The van der Waals surface area contributed by atoms with Crippen LogP contribution in [0, 0.1) is 13.8 Å². The zero-order valence-corrected chi connectivity index (χ0v) is 16.8. The van der Waals surface area contributed by atoms with Crippen molar-refractivity contribution in [2.24, 2.45) is 0 Å². The molecule has 1 aliphatic heterocycles. The van der Waals surface area contributed by atoms with Crippen molar-refractivity contribution < 1.29 is 9.53 Å². The molecule has 7 heteroatoms. The maximum Gasteiger partial charge on any atom is 0.255 e. The lowest BCUT2D eigenvalue weighted by atomic mass is 10.1. The normalized spacial score (nSPS) is 14.1. The Bertz CT molecular complexity index is 994. The highest BCUT2D eigenvalue weighted by Crippen LogP contribution is 2.18. The topological polar surface area (TPSA) is 72.3 Å². The van der Waals surface area contributed by atoms with E-state index in [0.717, 1.165) is 35.9 Å². The Balaban J connectivity index is 1.47. The van der Waals surface area contributed by atoms with E-state index in [0.29, 0.717) is 31.0 Å². The molecule has 0 aliphatic carbocycles. The van der Waals surface area contributed by atoms with Gasteiger partial charge >= 0.3 is 0 Å². The van der Waals surface area contributed by atoms with Gasteiger partial charge in [-0.2, -0.15) is 5.10 Å². The van der Waals surface area contributed by atoms with Crippen molar-refractivity contribution in [2.45, 2.75) is 20.4 Å². The molecule has 3 heterocycles. The quantitative estimate of drug-likeness (QED) is 0.724. The van der Waals surface area contributed by atoms with Gasteiger partial charge in [-0.15, -0.1) is 0 Å². The van der Waals surface area contributed by atoms with Gasteiger partial charge in [0.2, 0.25) is 0 Å². The molecule has 1 aromatic carbocycles. The third kappa shape index (κ3) is 4.14. The van der Waals surface area contributed by atoms with Gasteiger partial charge in [-0.05, 0) is 43.7 Å². The monoisotopic (exact) mass is 391 g/mol. The average Bonchev–Trinajstić information content (AvgIpc) is 3.07. The van der Waals surface area contributed by atoms with E-state index < -0.39 is 0 Å². The van der Waals surface area contributed by atoms with E-state index in [2.05, 4.69) is 20.3 Å². The molecule has 7 nitrogen and oxygen atoms in total. The molecular formula is C22H25N5O2. The third-order valence-electron chi connectivity index (χ3n) is 5.12. The van der Waals surface area contributed by atoms with Gasteiger partial charge in [0.25, 0.3) is 5.91 Å². The van der Waals surface area contributed by atoms with Crippen LogP contribution in [0.15, 0.2) is 48.7 Å². The first-order valence-electron chi connectivity index (χ1n) is 9.81. The minimum atomic E-state index is -0.119. The summed E-state index contributed by atoms with van der Waals surface area (Å²) < 4.78 is 7.21. The highest BCUT2D eigenvalue weighted by molar-refractivity contribution is 5.96. The number of morpholine rings is 1. The Morgan fingerprint density at radius 1 is 1.14 bits per heavy atom.